The number of rotatable bonds is 4. The lowest BCUT2D eigenvalue weighted by Crippen LogP contribution is -2.29. The van der Waals surface area contributed by atoms with Gasteiger partial charge in [-0.05, 0) is 31.0 Å². The Kier molecular flexibility index (Phi) is 3.41. The van der Waals surface area contributed by atoms with Crippen LogP contribution in [0.5, 0.6) is 0 Å². The van der Waals surface area contributed by atoms with Crippen LogP contribution in [0.25, 0.3) is 5.69 Å². The molecule has 0 spiro atoms. The molecule has 0 unspecified atom stereocenters. The number of halogens is 1. The largest absolute Gasteiger partial charge is 0.308 e. The fourth-order valence-corrected chi connectivity index (χ4v) is 2.94. The van der Waals surface area contributed by atoms with Gasteiger partial charge in [0.25, 0.3) is 0 Å². The summed E-state index contributed by atoms with van der Waals surface area (Å²) < 4.78 is 15.7. The van der Waals surface area contributed by atoms with E-state index in [4.69, 9.17) is 0 Å². The Balaban J connectivity index is 1.55. The smallest absolute Gasteiger partial charge is 0.236 e. The summed E-state index contributed by atoms with van der Waals surface area (Å²) in [6, 6.07) is 17.9. The van der Waals surface area contributed by atoms with E-state index in [1.807, 2.05) is 30.3 Å². The molecule has 0 saturated heterocycles. The van der Waals surface area contributed by atoms with E-state index in [1.54, 1.807) is 35.1 Å². The molecular formula is C19H16FN3O. The first-order chi connectivity index (χ1) is 11.7. The molecule has 1 N–H and O–H groups in total. The zero-order valence-electron chi connectivity index (χ0n) is 12.9. The number of hydrogen-bond donors (Lipinski definition) is 1. The van der Waals surface area contributed by atoms with Crippen LogP contribution in [0.3, 0.4) is 0 Å². The van der Waals surface area contributed by atoms with Gasteiger partial charge in [-0.15, -0.1) is 0 Å². The summed E-state index contributed by atoms with van der Waals surface area (Å²) in [5.41, 5.74) is 0.611. The number of nitrogens with one attached hydrogen (secondary N) is 1. The Bertz CT molecular complexity index is 884. The number of hydrogen-bond acceptors (Lipinski definition) is 2. The van der Waals surface area contributed by atoms with Crippen molar-refractivity contribution >= 4 is 11.7 Å². The van der Waals surface area contributed by atoms with Crippen molar-refractivity contribution in [3.63, 3.8) is 0 Å². The molecule has 3 aromatic rings. The normalized spacial score (nSPS) is 15.0. The maximum absolute atomic E-state index is 14.1. The quantitative estimate of drug-likeness (QED) is 0.797. The van der Waals surface area contributed by atoms with Crippen LogP contribution in [-0.2, 0) is 10.2 Å². The number of benzene rings is 2. The van der Waals surface area contributed by atoms with Crippen molar-refractivity contribution in [2.75, 3.05) is 5.32 Å². The molecule has 1 aromatic heterocycles. The van der Waals surface area contributed by atoms with Crippen LogP contribution in [0.15, 0.2) is 66.9 Å². The van der Waals surface area contributed by atoms with Crippen LogP contribution in [0.1, 0.15) is 18.4 Å². The van der Waals surface area contributed by atoms with Crippen LogP contribution in [0.2, 0.25) is 0 Å². The minimum atomic E-state index is -0.762. The van der Waals surface area contributed by atoms with Gasteiger partial charge in [-0.25, -0.2) is 9.07 Å². The van der Waals surface area contributed by atoms with Crippen molar-refractivity contribution in [1.29, 1.82) is 0 Å². The zero-order valence-corrected chi connectivity index (χ0v) is 12.9. The first-order valence-electron chi connectivity index (χ1n) is 7.87. The van der Waals surface area contributed by atoms with Crippen LogP contribution in [0.4, 0.5) is 10.2 Å². The van der Waals surface area contributed by atoms with E-state index in [-0.39, 0.29) is 11.7 Å². The fraction of sp³-hybridized carbons (Fsp3) is 0.158. The molecule has 1 saturated carbocycles. The predicted octanol–water partition coefficient (Wildman–Crippen LogP) is 3.68. The summed E-state index contributed by atoms with van der Waals surface area (Å²) in [6.45, 7) is 0. The van der Waals surface area contributed by atoms with E-state index < -0.39 is 5.41 Å². The highest BCUT2D eigenvalue weighted by Gasteiger charge is 2.52. The van der Waals surface area contributed by atoms with Crippen molar-refractivity contribution in [3.05, 3.63) is 78.2 Å². The number of anilines is 1. The minimum absolute atomic E-state index is 0.203. The van der Waals surface area contributed by atoms with Gasteiger partial charge in [0.05, 0.1) is 11.1 Å². The lowest BCUT2D eigenvalue weighted by atomic mass is 9.94. The van der Waals surface area contributed by atoms with Gasteiger partial charge in [-0.1, -0.05) is 36.4 Å². The molecule has 4 nitrogen and oxygen atoms in total. The van der Waals surface area contributed by atoms with Gasteiger partial charge in [0, 0.05) is 17.8 Å². The summed E-state index contributed by atoms with van der Waals surface area (Å²) in [5.74, 6) is -0.0719. The Morgan fingerprint density at radius 1 is 1.04 bits per heavy atom. The van der Waals surface area contributed by atoms with Gasteiger partial charge in [0.1, 0.15) is 5.82 Å². The number of aromatic nitrogens is 2. The summed E-state index contributed by atoms with van der Waals surface area (Å²) >= 11 is 0. The summed E-state index contributed by atoms with van der Waals surface area (Å²) in [4.78, 5) is 12.7. The van der Waals surface area contributed by atoms with E-state index >= 15 is 0 Å². The number of para-hydroxylation sites is 1. The molecule has 1 aliphatic carbocycles. The second-order valence-corrected chi connectivity index (χ2v) is 6.00. The maximum Gasteiger partial charge on any atom is 0.236 e. The second-order valence-electron chi connectivity index (χ2n) is 6.00. The highest BCUT2D eigenvalue weighted by Crippen LogP contribution is 2.49. The standard InChI is InChI=1S/C19H16FN3O/c20-16-9-5-4-8-15(16)19(11-12-19)18(24)21-17-10-13-23(22-17)14-6-2-1-3-7-14/h1-10,13H,11-12H2,(H,21,22,24). The number of carbonyl (C=O) groups is 1. The molecule has 1 aliphatic rings. The van der Waals surface area contributed by atoms with Crippen molar-refractivity contribution in [2.24, 2.45) is 0 Å². The highest BCUT2D eigenvalue weighted by molar-refractivity contribution is 6.00. The molecule has 5 heteroatoms. The molecule has 1 fully saturated rings. The minimum Gasteiger partial charge on any atom is -0.308 e. The first-order valence-corrected chi connectivity index (χ1v) is 7.87. The van der Waals surface area contributed by atoms with Crippen molar-refractivity contribution in [1.82, 2.24) is 9.78 Å². The maximum atomic E-state index is 14.1. The van der Waals surface area contributed by atoms with Crippen molar-refractivity contribution in [2.45, 2.75) is 18.3 Å². The summed E-state index contributed by atoms with van der Waals surface area (Å²) in [6.07, 6.45) is 3.09. The highest BCUT2D eigenvalue weighted by atomic mass is 19.1. The summed E-state index contributed by atoms with van der Waals surface area (Å²) in [7, 11) is 0. The van der Waals surface area contributed by atoms with E-state index in [9.17, 15) is 9.18 Å². The topological polar surface area (TPSA) is 46.9 Å². The molecule has 2 aromatic carbocycles. The van der Waals surface area contributed by atoms with Crippen molar-refractivity contribution in [3.8, 4) is 5.69 Å². The van der Waals surface area contributed by atoms with E-state index in [2.05, 4.69) is 10.4 Å². The lowest BCUT2D eigenvalue weighted by Gasteiger charge is -2.15. The third-order valence-electron chi connectivity index (χ3n) is 4.43. The zero-order chi connectivity index (χ0) is 16.6. The van der Waals surface area contributed by atoms with Crippen LogP contribution < -0.4 is 5.32 Å². The molecule has 0 atom stereocenters. The molecule has 0 radical (unpaired) electrons. The third-order valence-corrected chi connectivity index (χ3v) is 4.43. The first kappa shape index (κ1) is 14.6. The number of amides is 1. The average molecular weight is 321 g/mol. The molecule has 0 bridgehead atoms. The van der Waals surface area contributed by atoms with Gasteiger partial charge >= 0.3 is 0 Å². The molecule has 4 rings (SSSR count). The van der Waals surface area contributed by atoms with Crippen LogP contribution in [-0.4, -0.2) is 15.7 Å². The molecule has 1 heterocycles. The molecular weight excluding hydrogens is 305 g/mol. The molecule has 1 amide bonds. The van der Waals surface area contributed by atoms with Gasteiger partial charge in [0.2, 0.25) is 5.91 Å². The molecule has 120 valence electrons. The van der Waals surface area contributed by atoms with Gasteiger partial charge in [-0.3, -0.25) is 4.79 Å². The average Bonchev–Trinajstić information content (AvgIpc) is 3.29. The second kappa shape index (κ2) is 5.60. The lowest BCUT2D eigenvalue weighted by molar-refractivity contribution is -0.118. The molecule has 0 aliphatic heterocycles. The van der Waals surface area contributed by atoms with Gasteiger partial charge < -0.3 is 5.32 Å². The van der Waals surface area contributed by atoms with E-state index in [0.717, 1.165) is 5.69 Å². The van der Waals surface area contributed by atoms with Crippen molar-refractivity contribution < 1.29 is 9.18 Å². The van der Waals surface area contributed by atoms with E-state index in [0.29, 0.717) is 24.2 Å². The predicted molar refractivity (Wildman–Crippen MR) is 89.5 cm³/mol. The van der Waals surface area contributed by atoms with Crippen LogP contribution in [0, 0.1) is 5.82 Å². The monoisotopic (exact) mass is 321 g/mol. The number of nitrogens with zero attached hydrogens (tertiary/aromatic N) is 2. The Labute approximate surface area is 138 Å². The Morgan fingerprint density at radius 3 is 2.46 bits per heavy atom. The van der Waals surface area contributed by atoms with Crippen LogP contribution >= 0.6 is 0 Å². The fourth-order valence-electron chi connectivity index (χ4n) is 2.94. The third kappa shape index (κ3) is 2.48. The summed E-state index contributed by atoms with van der Waals surface area (Å²) in [5, 5.41) is 7.19. The number of carbonyl (C=O) groups excluding carboxylic acids is 1. The SMILES string of the molecule is O=C(Nc1ccn(-c2ccccc2)n1)C1(c2ccccc2F)CC1. The molecule has 24 heavy (non-hydrogen) atoms. The Morgan fingerprint density at radius 2 is 1.75 bits per heavy atom. The van der Waals surface area contributed by atoms with E-state index in [1.165, 1.54) is 6.07 Å². The Hall–Kier alpha value is -2.95. The van der Waals surface area contributed by atoms with Gasteiger partial charge in [0.15, 0.2) is 5.82 Å². The van der Waals surface area contributed by atoms with Gasteiger partial charge in [-0.2, -0.15) is 5.10 Å².